The fourth-order valence-corrected chi connectivity index (χ4v) is 4.42. The van der Waals surface area contributed by atoms with E-state index in [0.717, 1.165) is 29.4 Å². The van der Waals surface area contributed by atoms with Gasteiger partial charge in [0.25, 0.3) is 0 Å². The summed E-state index contributed by atoms with van der Waals surface area (Å²) in [7, 11) is -4.27. The molecular formula is C24H28ClF4N3O4S. The standard InChI is InChI=1S/C24H28ClF4N3O4S/c1-5-15(2)30-23(34)16(3)31(13-17-8-6-7-9-21(17)26)22(33)14-32(37(4,35)36)18-10-11-20(25)19(12-18)24(27,28)29/h6-12,15-16H,5,13-14H2,1-4H3,(H,30,34)/t15-,16+/m0/s1. The molecule has 0 spiro atoms. The van der Waals surface area contributed by atoms with Crippen LogP contribution < -0.4 is 9.62 Å². The number of amides is 2. The Kier molecular flexibility index (Phi) is 9.95. The van der Waals surface area contributed by atoms with Crippen LogP contribution >= 0.6 is 11.6 Å². The smallest absolute Gasteiger partial charge is 0.352 e. The molecule has 7 nitrogen and oxygen atoms in total. The molecule has 0 aliphatic heterocycles. The first-order valence-electron chi connectivity index (χ1n) is 11.2. The first-order valence-corrected chi connectivity index (χ1v) is 13.5. The first-order chi connectivity index (χ1) is 17.1. The predicted molar refractivity (Wildman–Crippen MR) is 133 cm³/mol. The highest BCUT2D eigenvalue weighted by Gasteiger charge is 2.35. The van der Waals surface area contributed by atoms with Crippen LogP contribution in [0.15, 0.2) is 42.5 Å². The molecule has 13 heteroatoms. The van der Waals surface area contributed by atoms with Gasteiger partial charge in [-0.2, -0.15) is 13.2 Å². The summed E-state index contributed by atoms with van der Waals surface area (Å²) in [4.78, 5) is 27.2. The second-order valence-corrected chi connectivity index (χ2v) is 10.9. The molecule has 2 aromatic rings. The van der Waals surface area contributed by atoms with Crippen molar-refractivity contribution in [3.63, 3.8) is 0 Å². The van der Waals surface area contributed by atoms with E-state index in [4.69, 9.17) is 11.6 Å². The fraction of sp³-hybridized carbons (Fsp3) is 0.417. The van der Waals surface area contributed by atoms with Gasteiger partial charge in [-0.3, -0.25) is 13.9 Å². The van der Waals surface area contributed by atoms with Crippen LogP contribution in [0.3, 0.4) is 0 Å². The van der Waals surface area contributed by atoms with E-state index in [1.54, 1.807) is 6.92 Å². The third kappa shape index (κ3) is 8.06. The average molecular weight is 566 g/mol. The molecule has 1 N–H and O–H groups in total. The van der Waals surface area contributed by atoms with Crippen molar-refractivity contribution in [2.24, 2.45) is 0 Å². The average Bonchev–Trinajstić information content (AvgIpc) is 2.80. The molecule has 2 amide bonds. The lowest BCUT2D eigenvalue weighted by Crippen LogP contribution is -2.52. The molecule has 0 fully saturated rings. The Morgan fingerprint density at radius 1 is 1.11 bits per heavy atom. The molecule has 0 aliphatic carbocycles. The molecular weight excluding hydrogens is 538 g/mol. The SMILES string of the molecule is CC[C@H](C)NC(=O)[C@@H](C)N(Cc1ccccc1F)C(=O)CN(c1ccc(Cl)c(C(F)(F)F)c1)S(C)(=O)=O. The zero-order valence-electron chi connectivity index (χ0n) is 20.6. The number of hydrogen-bond acceptors (Lipinski definition) is 4. The maximum Gasteiger partial charge on any atom is 0.417 e. The van der Waals surface area contributed by atoms with Crippen molar-refractivity contribution in [3.05, 3.63) is 64.4 Å². The van der Waals surface area contributed by atoms with Gasteiger partial charge in [0, 0.05) is 18.2 Å². The van der Waals surface area contributed by atoms with Crippen molar-refractivity contribution in [1.82, 2.24) is 10.2 Å². The highest BCUT2D eigenvalue weighted by Crippen LogP contribution is 2.37. The van der Waals surface area contributed by atoms with Crippen molar-refractivity contribution < 1.29 is 35.6 Å². The predicted octanol–water partition coefficient (Wildman–Crippen LogP) is 4.60. The second-order valence-electron chi connectivity index (χ2n) is 8.54. The molecule has 0 saturated carbocycles. The van der Waals surface area contributed by atoms with Gasteiger partial charge in [0.05, 0.1) is 22.5 Å². The number of anilines is 1. The first kappa shape index (κ1) is 30.4. The van der Waals surface area contributed by atoms with Gasteiger partial charge in [0.15, 0.2) is 0 Å². The second kappa shape index (κ2) is 12.1. The Labute approximate surface area is 218 Å². The lowest BCUT2D eigenvalue weighted by molar-refractivity contribution is -0.139. The minimum atomic E-state index is -4.88. The van der Waals surface area contributed by atoms with E-state index in [0.29, 0.717) is 16.8 Å². The number of benzene rings is 2. The fourth-order valence-electron chi connectivity index (χ4n) is 3.36. The summed E-state index contributed by atoms with van der Waals surface area (Å²) in [6.07, 6.45) is -3.55. The van der Waals surface area contributed by atoms with Gasteiger partial charge in [0.2, 0.25) is 21.8 Å². The van der Waals surface area contributed by atoms with Crippen molar-refractivity contribution in [1.29, 1.82) is 0 Å². The van der Waals surface area contributed by atoms with Gasteiger partial charge in [-0.15, -0.1) is 0 Å². The van der Waals surface area contributed by atoms with Gasteiger partial charge < -0.3 is 10.2 Å². The lowest BCUT2D eigenvalue weighted by atomic mass is 10.1. The van der Waals surface area contributed by atoms with E-state index in [-0.39, 0.29) is 18.2 Å². The number of nitrogens with zero attached hydrogens (tertiary/aromatic N) is 2. The van der Waals surface area contributed by atoms with E-state index in [2.05, 4.69) is 5.32 Å². The molecule has 204 valence electrons. The molecule has 0 saturated heterocycles. The minimum Gasteiger partial charge on any atom is -0.352 e. The van der Waals surface area contributed by atoms with Gasteiger partial charge in [-0.25, -0.2) is 12.8 Å². The highest BCUT2D eigenvalue weighted by atomic mass is 35.5. The van der Waals surface area contributed by atoms with Crippen LogP contribution in [0.1, 0.15) is 38.3 Å². The number of rotatable bonds is 10. The van der Waals surface area contributed by atoms with Crippen molar-refractivity contribution in [2.75, 3.05) is 17.1 Å². The summed E-state index contributed by atoms with van der Waals surface area (Å²) >= 11 is 5.65. The van der Waals surface area contributed by atoms with Crippen LogP contribution in [0.4, 0.5) is 23.2 Å². The van der Waals surface area contributed by atoms with Gasteiger partial charge in [0.1, 0.15) is 18.4 Å². The summed E-state index contributed by atoms with van der Waals surface area (Å²) in [5.41, 5.74) is -1.66. The van der Waals surface area contributed by atoms with Crippen LogP contribution in [0, 0.1) is 5.82 Å². The number of carbonyl (C=O) groups is 2. The quantitative estimate of drug-likeness (QED) is 0.427. The molecule has 0 aliphatic rings. The summed E-state index contributed by atoms with van der Waals surface area (Å²) in [5, 5.41) is 2.07. The van der Waals surface area contributed by atoms with Crippen LogP contribution in [-0.2, 0) is 32.3 Å². The van der Waals surface area contributed by atoms with Gasteiger partial charge >= 0.3 is 6.18 Å². The zero-order valence-corrected chi connectivity index (χ0v) is 22.2. The van der Waals surface area contributed by atoms with Crippen LogP contribution in [0.5, 0.6) is 0 Å². The number of carbonyl (C=O) groups excluding carboxylic acids is 2. The number of alkyl halides is 3. The van der Waals surface area contributed by atoms with E-state index in [1.807, 2.05) is 6.92 Å². The Balaban J connectivity index is 2.49. The van der Waals surface area contributed by atoms with E-state index >= 15 is 0 Å². The largest absolute Gasteiger partial charge is 0.417 e. The van der Waals surface area contributed by atoms with E-state index in [1.165, 1.54) is 25.1 Å². The maximum atomic E-state index is 14.4. The molecule has 37 heavy (non-hydrogen) atoms. The summed E-state index contributed by atoms with van der Waals surface area (Å²) in [5.74, 6) is -2.14. The van der Waals surface area contributed by atoms with Crippen LogP contribution in [0.2, 0.25) is 5.02 Å². The van der Waals surface area contributed by atoms with Crippen molar-refractivity contribution in [2.45, 2.75) is 52.0 Å². The Morgan fingerprint density at radius 3 is 2.27 bits per heavy atom. The summed E-state index contributed by atoms with van der Waals surface area (Å²) in [6, 6.07) is 6.58. The molecule has 0 bridgehead atoms. The summed E-state index contributed by atoms with van der Waals surface area (Å²) < 4.78 is 80.1. The van der Waals surface area contributed by atoms with Crippen molar-refractivity contribution >= 4 is 39.1 Å². The zero-order chi connectivity index (χ0) is 28.1. The van der Waals surface area contributed by atoms with Crippen molar-refractivity contribution in [3.8, 4) is 0 Å². The molecule has 0 unspecified atom stereocenters. The molecule has 0 radical (unpaired) electrons. The molecule has 2 atom stereocenters. The molecule has 0 heterocycles. The monoisotopic (exact) mass is 565 g/mol. The van der Waals surface area contributed by atoms with Gasteiger partial charge in [-0.1, -0.05) is 36.7 Å². The number of sulfonamides is 1. The Morgan fingerprint density at radius 2 is 1.73 bits per heavy atom. The molecule has 2 aromatic carbocycles. The highest BCUT2D eigenvalue weighted by molar-refractivity contribution is 7.92. The topological polar surface area (TPSA) is 86.8 Å². The normalized spacial score (nSPS) is 13.5. The number of hydrogen-bond donors (Lipinski definition) is 1. The van der Waals surface area contributed by atoms with Gasteiger partial charge in [-0.05, 0) is 44.5 Å². The maximum absolute atomic E-state index is 14.4. The van der Waals surface area contributed by atoms with E-state index < -0.39 is 62.7 Å². The third-order valence-electron chi connectivity index (χ3n) is 5.69. The number of halogens is 5. The Bertz CT molecular complexity index is 1240. The Hall–Kier alpha value is -2.86. The third-order valence-corrected chi connectivity index (χ3v) is 7.16. The molecule has 0 aromatic heterocycles. The molecule has 2 rings (SSSR count). The van der Waals surface area contributed by atoms with E-state index in [9.17, 15) is 35.6 Å². The van der Waals surface area contributed by atoms with Crippen LogP contribution in [-0.4, -0.2) is 50.0 Å². The number of nitrogens with one attached hydrogen (secondary N) is 1. The lowest BCUT2D eigenvalue weighted by Gasteiger charge is -2.32. The minimum absolute atomic E-state index is 0.0656. The van der Waals surface area contributed by atoms with Crippen LogP contribution in [0.25, 0.3) is 0 Å². The summed E-state index contributed by atoms with van der Waals surface area (Å²) in [6.45, 7) is 3.66.